The summed E-state index contributed by atoms with van der Waals surface area (Å²) >= 11 is 0. The lowest BCUT2D eigenvalue weighted by molar-refractivity contribution is -0.137. The normalized spacial score (nSPS) is 12.8. The average molecular weight is 212 g/mol. The molecule has 9 heteroatoms. The molecule has 0 atom stereocenters. The highest BCUT2D eigenvalue weighted by Crippen LogP contribution is 2.46. The first-order valence-corrected chi connectivity index (χ1v) is 4.68. The first kappa shape index (κ1) is 12.0. The minimum absolute atomic E-state index is 0.449. The Labute approximate surface area is 74.6 Å². The molecule has 0 aliphatic carbocycles. The van der Waals surface area contributed by atoms with Gasteiger partial charge in [-0.25, -0.2) is 0 Å². The van der Waals surface area contributed by atoms with Gasteiger partial charge in [-0.2, -0.15) is 14.7 Å². The Hall–Kier alpha value is -0.950. The summed E-state index contributed by atoms with van der Waals surface area (Å²) in [5.41, 5.74) is 5.11. The van der Waals surface area contributed by atoms with Crippen LogP contribution in [0.3, 0.4) is 0 Å². The molecule has 0 amide bonds. The fourth-order valence-electron chi connectivity index (χ4n) is 0.498. The highest BCUT2D eigenvalue weighted by molar-refractivity contribution is 7.57. The van der Waals surface area contributed by atoms with Crippen molar-refractivity contribution in [2.75, 3.05) is 13.6 Å². The maximum absolute atomic E-state index is 10.1. The third kappa shape index (κ3) is 6.23. The molecule has 0 rings (SSSR count). The Morgan fingerprint density at radius 2 is 2.00 bits per heavy atom. The minimum atomic E-state index is -4.34. The molecule has 13 heavy (non-hydrogen) atoms. The number of aliphatic carboxylic acids is 1. The summed E-state index contributed by atoms with van der Waals surface area (Å²) in [6.45, 7) is -0.449. The van der Waals surface area contributed by atoms with Crippen LogP contribution in [0.25, 0.3) is 0 Å². The van der Waals surface area contributed by atoms with Gasteiger partial charge in [0.1, 0.15) is 6.54 Å². The van der Waals surface area contributed by atoms with Crippen molar-refractivity contribution in [2.45, 2.75) is 0 Å². The Kier molecular flexibility index (Phi) is 4.02. The van der Waals surface area contributed by atoms with Gasteiger partial charge < -0.3 is 15.7 Å². The van der Waals surface area contributed by atoms with Gasteiger partial charge in [0, 0.05) is 7.05 Å². The van der Waals surface area contributed by atoms with E-state index < -0.39 is 26.6 Å². The molecule has 0 aromatic carbocycles. The third-order valence-electron chi connectivity index (χ3n) is 1.00. The number of likely N-dealkylation sites (N-methyl/N-ethyl adjacent to an activating group) is 1. The summed E-state index contributed by atoms with van der Waals surface area (Å²) in [6, 6.07) is 0. The summed E-state index contributed by atoms with van der Waals surface area (Å²) in [5, 5.41) is 8.30. The van der Waals surface area contributed by atoms with Crippen molar-refractivity contribution in [3.63, 3.8) is 0 Å². The molecule has 0 fully saturated rings. The van der Waals surface area contributed by atoms with Crippen molar-refractivity contribution < 1.29 is 24.6 Å². The standard InChI is InChI=1S/C4H10N3O5P/c1-7(2-3(8)9)4(5)6-13(10,11)12/h10-12H,2H2,1H3,(H2-,5,6,8,9)/p+1. The molecule has 76 valence electrons. The van der Waals surface area contributed by atoms with E-state index in [1.54, 1.807) is 0 Å². The lowest BCUT2D eigenvalue weighted by atomic mass is 10.6. The van der Waals surface area contributed by atoms with E-state index in [9.17, 15) is 4.79 Å². The van der Waals surface area contributed by atoms with Gasteiger partial charge in [0.15, 0.2) is 0 Å². The Morgan fingerprint density at radius 3 is 2.31 bits per heavy atom. The van der Waals surface area contributed by atoms with Crippen LogP contribution in [0.15, 0.2) is 4.76 Å². The van der Waals surface area contributed by atoms with Gasteiger partial charge in [0.2, 0.25) is 5.96 Å². The van der Waals surface area contributed by atoms with Gasteiger partial charge >= 0.3 is 14.1 Å². The van der Waals surface area contributed by atoms with Gasteiger partial charge in [0.25, 0.3) is 0 Å². The van der Waals surface area contributed by atoms with Crippen molar-refractivity contribution in [1.82, 2.24) is 4.90 Å². The predicted octanol–water partition coefficient (Wildman–Crippen LogP) is -2.03. The van der Waals surface area contributed by atoms with Gasteiger partial charge in [-0.1, -0.05) is 0 Å². The first-order valence-electron chi connectivity index (χ1n) is 3.08. The van der Waals surface area contributed by atoms with Gasteiger partial charge in [-0.15, -0.1) is 0 Å². The second-order valence-corrected chi connectivity index (χ2v) is 3.52. The summed E-state index contributed by atoms with van der Waals surface area (Å²) in [6.07, 6.45) is 0. The van der Waals surface area contributed by atoms with Crippen LogP contribution in [-0.2, 0) is 4.79 Å². The number of nitrogens with zero attached hydrogens (tertiary/aromatic N) is 2. The zero-order chi connectivity index (χ0) is 10.6. The number of nitrogens with two attached hydrogens (primary N) is 1. The van der Waals surface area contributed by atoms with Crippen molar-refractivity contribution in [3.05, 3.63) is 0 Å². The molecular formula is C4H11N3O5P+. The molecule has 8 nitrogen and oxygen atoms in total. The molecule has 0 aliphatic heterocycles. The quantitative estimate of drug-likeness (QED) is 0.206. The van der Waals surface area contributed by atoms with Crippen LogP contribution < -0.4 is 5.73 Å². The van der Waals surface area contributed by atoms with Crippen LogP contribution in [-0.4, -0.2) is 50.2 Å². The number of carboxylic acids is 1. The van der Waals surface area contributed by atoms with E-state index in [1.807, 2.05) is 0 Å². The number of carboxylic acid groups (broad SMARTS) is 1. The SMILES string of the molecule is CN(CC(=O)O)C(N)=N[P+](O)(O)O. The summed E-state index contributed by atoms with van der Waals surface area (Å²) < 4.78 is 2.90. The van der Waals surface area contributed by atoms with Crippen LogP contribution in [0.1, 0.15) is 0 Å². The molecule has 0 aromatic heterocycles. The summed E-state index contributed by atoms with van der Waals surface area (Å²) in [4.78, 5) is 36.4. The maximum Gasteiger partial charge on any atom is 0.549 e. The molecule has 0 saturated heterocycles. The van der Waals surface area contributed by atoms with Crippen molar-refractivity contribution in [1.29, 1.82) is 0 Å². The molecule has 6 N–H and O–H groups in total. The molecule has 0 bridgehead atoms. The molecule has 0 unspecified atom stereocenters. The topological polar surface area (TPSA) is 140 Å². The van der Waals surface area contributed by atoms with Crippen LogP contribution in [0.2, 0.25) is 0 Å². The van der Waals surface area contributed by atoms with Crippen LogP contribution in [0.5, 0.6) is 0 Å². The minimum Gasteiger partial charge on any atom is -0.480 e. The first-order chi connectivity index (χ1) is 5.72. The van der Waals surface area contributed by atoms with E-state index in [-0.39, 0.29) is 0 Å². The molecular weight excluding hydrogens is 201 g/mol. The maximum atomic E-state index is 10.1. The van der Waals surface area contributed by atoms with Gasteiger partial charge in [0.05, 0.1) is 0 Å². The average Bonchev–Trinajstić information content (AvgIpc) is 1.81. The van der Waals surface area contributed by atoms with Crippen molar-refractivity contribution in [3.8, 4) is 0 Å². The largest absolute Gasteiger partial charge is 0.549 e. The second-order valence-electron chi connectivity index (χ2n) is 2.24. The van der Waals surface area contributed by atoms with Gasteiger partial charge in [-0.05, 0) is 4.76 Å². The van der Waals surface area contributed by atoms with Crippen molar-refractivity contribution >= 4 is 20.0 Å². The number of hydrogen-bond acceptors (Lipinski definition) is 5. The fourth-order valence-corrected chi connectivity index (χ4v) is 0.925. The smallest absolute Gasteiger partial charge is 0.480 e. The number of guanidine groups is 1. The zero-order valence-electron chi connectivity index (χ0n) is 6.82. The summed E-state index contributed by atoms with van der Waals surface area (Å²) in [5.74, 6) is -1.61. The molecule has 0 aromatic rings. The van der Waals surface area contributed by atoms with Gasteiger partial charge in [-0.3, -0.25) is 4.79 Å². The molecule has 0 radical (unpaired) electrons. The van der Waals surface area contributed by atoms with E-state index in [0.717, 1.165) is 4.90 Å². The van der Waals surface area contributed by atoms with E-state index in [4.69, 9.17) is 25.5 Å². The molecule has 0 heterocycles. The Morgan fingerprint density at radius 1 is 1.54 bits per heavy atom. The van der Waals surface area contributed by atoms with E-state index in [2.05, 4.69) is 4.76 Å². The molecule has 0 aliphatic rings. The molecule has 0 saturated carbocycles. The summed E-state index contributed by atoms with van der Waals surface area (Å²) in [7, 11) is -3.06. The van der Waals surface area contributed by atoms with E-state index in [0.29, 0.717) is 0 Å². The monoisotopic (exact) mass is 212 g/mol. The lowest BCUT2D eigenvalue weighted by Crippen LogP contribution is -2.37. The molecule has 0 spiro atoms. The Bertz CT molecular complexity index is 224. The number of rotatable bonds is 3. The van der Waals surface area contributed by atoms with Crippen molar-refractivity contribution in [2.24, 2.45) is 10.5 Å². The van der Waals surface area contributed by atoms with Crippen LogP contribution in [0.4, 0.5) is 0 Å². The highest BCUT2D eigenvalue weighted by Gasteiger charge is 2.31. The Balaban J connectivity index is 4.33. The van der Waals surface area contributed by atoms with E-state index in [1.165, 1.54) is 7.05 Å². The second kappa shape index (κ2) is 4.33. The van der Waals surface area contributed by atoms with Crippen LogP contribution in [0, 0.1) is 0 Å². The fraction of sp³-hybridized carbons (Fsp3) is 0.500. The van der Waals surface area contributed by atoms with E-state index >= 15 is 0 Å². The lowest BCUT2D eigenvalue weighted by Gasteiger charge is -2.13. The predicted molar refractivity (Wildman–Crippen MR) is 45.5 cm³/mol. The third-order valence-corrected chi connectivity index (χ3v) is 1.47. The number of carbonyl (C=O) groups is 1. The van der Waals surface area contributed by atoms with Crippen LogP contribution >= 0.6 is 8.09 Å². The number of hydrogen-bond donors (Lipinski definition) is 5. The highest BCUT2D eigenvalue weighted by atomic mass is 31.2. The zero-order valence-corrected chi connectivity index (χ0v) is 7.72.